The van der Waals surface area contributed by atoms with E-state index in [0.29, 0.717) is 13.1 Å². The van der Waals surface area contributed by atoms with Crippen molar-refractivity contribution >= 4 is 35.1 Å². The number of rotatable bonds is 10. The van der Waals surface area contributed by atoms with E-state index in [1.807, 2.05) is 30.3 Å². The number of carbonyl (C=O) groups is 2. The Morgan fingerprint density at radius 2 is 2.10 bits per heavy atom. The van der Waals surface area contributed by atoms with Crippen LogP contribution in [0.2, 0.25) is 0 Å². The summed E-state index contributed by atoms with van der Waals surface area (Å²) in [7, 11) is 3.55. The molecule has 162 valence electrons. The van der Waals surface area contributed by atoms with Crippen molar-refractivity contribution < 1.29 is 14.0 Å². The predicted octanol–water partition coefficient (Wildman–Crippen LogP) is 3.39. The van der Waals surface area contributed by atoms with Gasteiger partial charge in [-0.15, -0.1) is 0 Å². The van der Waals surface area contributed by atoms with Gasteiger partial charge in [-0.05, 0) is 30.2 Å². The van der Waals surface area contributed by atoms with Crippen molar-refractivity contribution in [1.29, 1.82) is 0 Å². The lowest BCUT2D eigenvalue weighted by molar-refractivity contribution is -0.125. The number of aryl methyl sites for hydroxylation is 1. The number of para-hydroxylation sites is 1. The molecular formula is C24H28N4O3. The number of likely N-dealkylation sites (N-methyl/N-ethyl adjacent to an activating group) is 1. The molecule has 1 amide bonds. The number of pyridine rings is 1. The molecule has 3 rings (SSSR count). The van der Waals surface area contributed by atoms with Crippen molar-refractivity contribution in [2.45, 2.75) is 26.4 Å². The molecule has 0 atom stereocenters. The number of nitrogens with zero attached hydrogens (tertiary/aromatic N) is 2. The van der Waals surface area contributed by atoms with E-state index in [2.05, 4.69) is 22.5 Å². The van der Waals surface area contributed by atoms with E-state index in [1.165, 1.54) is 6.08 Å². The number of fused-ring (bicyclic) bond motifs is 1. The number of aromatic nitrogens is 1. The van der Waals surface area contributed by atoms with Crippen molar-refractivity contribution in [3.05, 3.63) is 65.1 Å². The molecule has 0 spiro atoms. The Hall–Kier alpha value is -3.45. The molecule has 0 saturated heterocycles. The van der Waals surface area contributed by atoms with Gasteiger partial charge in [-0.2, -0.15) is 0 Å². The molecule has 2 N–H and O–H groups in total. The largest absolute Gasteiger partial charge is 0.459 e. The number of hydrogen-bond acceptors (Lipinski definition) is 6. The van der Waals surface area contributed by atoms with Crippen LogP contribution < -0.4 is 10.6 Å². The standard InChI is InChI=1S/C24H28N4O3/c1-4-19-20-7-5-6-8-21(20)31-22(19)16-28(3)23(30)10-9-17-13-18(15-26-11-12-29)24(25-2)27-14-17/h5-10,12-14,26H,4,11,15-16H2,1-3H3,(H,25,27)/b10-9+. The summed E-state index contributed by atoms with van der Waals surface area (Å²) in [6.45, 7) is 3.27. The summed E-state index contributed by atoms with van der Waals surface area (Å²) in [5.41, 5.74) is 3.71. The molecule has 0 fully saturated rings. The van der Waals surface area contributed by atoms with Crippen LogP contribution in [0.25, 0.3) is 17.0 Å². The third kappa shape index (κ3) is 5.38. The van der Waals surface area contributed by atoms with Crippen LogP contribution >= 0.6 is 0 Å². The Bertz CT molecular complexity index is 1090. The Kier molecular flexibility index (Phi) is 7.56. The molecule has 3 aromatic rings. The summed E-state index contributed by atoms with van der Waals surface area (Å²) in [5.74, 6) is 1.42. The van der Waals surface area contributed by atoms with Gasteiger partial charge in [0.1, 0.15) is 23.4 Å². The van der Waals surface area contributed by atoms with Gasteiger partial charge in [-0.25, -0.2) is 4.98 Å². The van der Waals surface area contributed by atoms with Crippen LogP contribution in [0, 0.1) is 0 Å². The van der Waals surface area contributed by atoms with Gasteiger partial charge in [0.25, 0.3) is 0 Å². The number of nitrogens with one attached hydrogen (secondary N) is 2. The fraction of sp³-hybridized carbons (Fsp3) is 0.292. The monoisotopic (exact) mass is 420 g/mol. The summed E-state index contributed by atoms with van der Waals surface area (Å²) in [6.07, 6.45) is 6.64. The van der Waals surface area contributed by atoms with Gasteiger partial charge >= 0.3 is 0 Å². The zero-order valence-corrected chi connectivity index (χ0v) is 18.1. The minimum absolute atomic E-state index is 0.124. The van der Waals surface area contributed by atoms with Crippen molar-refractivity contribution in [3.63, 3.8) is 0 Å². The first-order valence-electron chi connectivity index (χ1n) is 10.3. The Labute approximate surface area is 182 Å². The maximum atomic E-state index is 12.7. The van der Waals surface area contributed by atoms with E-state index in [0.717, 1.165) is 51.9 Å². The number of aldehydes is 1. The molecule has 2 aromatic heterocycles. The average molecular weight is 421 g/mol. The number of benzene rings is 1. The lowest BCUT2D eigenvalue weighted by atomic mass is 10.1. The summed E-state index contributed by atoms with van der Waals surface area (Å²) in [5, 5.41) is 7.16. The quantitative estimate of drug-likeness (QED) is 0.297. The highest BCUT2D eigenvalue weighted by Gasteiger charge is 2.16. The zero-order chi connectivity index (χ0) is 22.2. The molecule has 0 aliphatic carbocycles. The van der Waals surface area contributed by atoms with Crippen molar-refractivity contribution in [1.82, 2.24) is 15.2 Å². The average Bonchev–Trinajstić information content (AvgIpc) is 3.14. The van der Waals surface area contributed by atoms with Crippen LogP contribution in [-0.4, -0.2) is 42.7 Å². The maximum Gasteiger partial charge on any atom is 0.246 e. The first kappa shape index (κ1) is 22.2. The molecular weight excluding hydrogens is 392 g/mol. The fourth-order valence-corrected chi connectivity index (χ4v) is 3.50. The van der Waals surface area contributed by atoms with E-state index in [4.69, 9.17) is 4.42 Å². The van der Waals surface area contributed by atoms with Crippen LogP contribution in [0.5, 0.6) is 0 Å². The van der Waals surface area contributed by atoms with Crippen LogP contribution in [0.3, 0.4) is 0 Å². The smallest absolute Gasteiger partial charge is 0.246 e. The summed E-state index contributed by atoms with van der Waals surface area (Å²) < 4.78 is 5.99. The molecule has 0 unspecified atom stereocenters. The number of anilines is 1. The van der Waals surface area contributed by atoms with E-state index in [1.54, 1.807) is 31.3 Å². The molecule has 31 heavy (non-hydrogen) atoms. The third-order valence-corrected chi connectivity index (χ3v) is 5.08. The normalized spacial score (nSPS) is 11.2. The SMILES string of the molecule is CCc1c(CN(C)C(=O)/C=C/c2cnc(NC)c(CNCC=O)c2)oc2ccccc12. The second-order valence-electron chi connectivity index (χ2n) is 7.21. The van der Waals surface area contributed by atoms with E-state index in [-0.39, 0.29) is 12.5 Å². The first-order chi connectivity index (χ1) is 15.1. The fourth-order valence-electron chi connectivity index (χ4n) is 3.50. The number of amides is 1. The van der Waals surface area contributed by atoms with Crippen LogP contribution in [0.4, 0.5) is 5.82 Å². The van der Waals surface area contributed by atoms with E-state index < -0.39 is 0 Å². The van der Waals surface area contributed by atoms with Gasteiger partial charge in [0, 0.05) is 49.4 Å². The van der Waals surface area contributed by atoms with Gasteiger partial charge < -0.3 is 24.7 Å². The van der Waals surface area contributed by atoms with E-state index >= 15 is 0 Å². The lowest BCUT2D eigenvalue weighted by Gasteiger charge is -2.14. The molecule has 7 heteroatoms. The van der Waals surface area contributed by atoms with Crippen LogP contribution in [0.15, 0.2) is 47.0 Å². The highest BCUT2D eigenvalue weighted by Crippen LogP contribution is 2.27. The molecule has 0 aliphatic rings. The Morgan fingerprint density at radius 1 is 1.29 bits per heavy atom. The highest BCUT2D eigenvalue weighted by molar-refractivity contribution is 5.91. The highest BCUT2D eigenvalue weighted by atomic mass is 16.3. The molecule has 1 aromatic carbocycles. The second-order valence-corrected chi connectivity index (χ2v) is 7.21. The minimum Gasteiger partial charge on any atom is -0.459 e. The van der Waals surface area contributed by atoms with Crippen LogP contribution in [0.1, 0.15) is 29.4 Å². The number of hydrogen-bond donors (Lipinski definition) is 2. The second kappa shape index (κ2) is 10.5. The zero-order valence-electron chi connectivity index (χ0n) is 18.1. The van der Waals surface area contributed by atoms with Crippen molar-refractivity contribution in [2.75, 3.05) is 26.0 Å². The molecule has 0 aliphatic heterocycles. The predicted molar refractivity (Wildman–Crippen MR) is 123 cm³/mol. The molecule has 0 saturated carbocycles. The summed E-state index contributed by atoms with van der Waals surface area (Å²) >= 11 is 0. The number of furan rings is 1. The number of carbonyl (C=O) groups excluding carboxylic acids is 2. The minimum atomic E-state index is -0.124. The van der Waals surface area contributed by atoms with Gasteiger partial charge in [-0.3, -0.25) is 4.79 Å². The topological polar surface area (TPSA) is 87.5 Å². The van der Waals surface area contributed by atoms with Gasteiger partial charge in [0.05, 0.1) is 13.1 Å². The Morgan fingerprint density at radius 3 is 2.84 bits per heavy atom. The lowest BCUT2D eigenvalue weighted by Crippen LogP contribution is -2.24. The van der Waals surface area contributed by atoms with Gasteiger partial charge in [0.2, 0.25) is 5.91 Å². The van der Waals surface area contributed by atoms with E-state index in [9.17, 15) is 9.59 Å². The van der Waals surface area contributed by atoms with Crippen molar-refractivity contribution in [2.24, 2.45) is 0 Å². The van der Waals surface area contributed by atoms with Crippen molar-refractivity contribution in [3.8, 4) is 0 Å². The molecule has 7 nitrogen and oxygen atoms in total. The van der Waals surface area contributed by atoms with Gasteiger partial charge in [-0.1, -0.05) is 25.1 Å². The summed E-state index contributed by atoms with van der Waals surface area (Å²) in [4.78, 5) is 29.2. The Balaban J connectivity index is 1.71. The summed E-state index contributed by atoms with van der Waals surface area (Å²) in [6, 6.07) is 9.88. The van der Waals surface area contributed by atoms with Gasteiger partial charge in [0.15, 0.2) is 0 Å². The molecule has 2 heterocycles. The third-order valence-electron chi connectivity index (χ3n) is 5.08. The van der Waals surface area contributed by atoms with Crippen LogP contribution in [-0.2, 0) is 29.1 Å². The molecule has 0 radical (unpaired) electrons. The first-order valence-corrected chi connectivity index (χ1v) is 10.3. The maximum absolute atomic E-state index is 12.7. The molecule has 0 bridgehead atoms.